The van der Waals surface area contributed by atoms with Gasteiger partial charge in [-0.3, -0.25) is 4.79 Å². The van der Waals surface area contributed by atoms with Gasteiger partial charge in [-0.1, -0.05) is 12.1 Å². The summed E-state index contributed by atoms with van der Waals surface area (Å²) in [5.74, 6) is -1.48. The number of phenolic OH excluding ortho intramolecular Hbond substituents is 2. The van der Waals surface area contributed by atoms with Crippen molar-refractivity contribution in [1.29, 1.82) is 0 Å². The molecular weight excluding hydrogens is 365 g/mol. The first-order valence-corrected chi connectivity index (χ1v) is 9.01. The Morgan fingerprint density at radius 1 is 1.21 bits per heavy atom. The van der Waals surface area contributed by atoms with E-state index in [4.69, 9.17) is 4.42 Å². The molecule has 2 atom stereocenters. The van der Waals surface area contributed by atoms with Gasteiger partial charge >= 0.3 is 0 Å². The summed E-state index contributed by atoms with van der Waals surface area (Å²) in [7, 11) is 1.86. The van der Waals surface area contributed by atoms with Gasteiger partial charge in [0.2, 0.25) is 0 Å². The number of hydrogen-bond acceptors (Lipinski definition) is 6. The molecule has 0 amide bonds. The highest BCUT2D eigenvalue weighted by Gasteiger charge is 2.36. The van der Waals surface area contributed by atoms with Gasteiger partial charge in [0.1, 0.15) is 34.0 Å². The van der Waals surface area contributed by atoms with Crippen LogP contribution in [0.1, 0.15) is 17.9 Å². The number of aromatic hydroxyl groups is 2. The van der Waals surface area contributed by atoms with Gasteiger partial charge in [-0.25, -0.2) is 4.39 Å². The fourth-order valence-corrected chi connectivity index (χ4v) is 4.09. The average molecular weight is 385 g/mol. The predicted octanol–water partition coefficient (Wildman–Crippen LogP) is 2.79. The van der Waals surface area contributed by atoms with E-state index in [0.717, 1.165) is 12.1 Å². The van der Waals surface area contributed by atoms with Crippen molar-refractivity contribution in [3.63, 3.8) is 0 Å². The number of likely N-dealkylation sites (N-methyl/N-ethyl adjacent to an activating group) is 1. The minimum atomic E-state index is -0.551. The maximum absolute atomic E-state index is 14.2. The van der Waals surface area contributed by atoms with Gasteiger partial charge in [0.15, 0.2) is 5.43 Å². The monoisotopic (exact) mass is 385 g/mol. The van der Waals surface area contributed by atoms with Crippen molar-refractivity contribution in [2.75, 3.05) is 20.2 Å². The van der Waals surface area contributed by atoms with E-state index in [1.165, 1.54) is 18.2 Å². The smallest absolute Gasteiger partial charge is 0.197 e. The van der Waals surface area contributed by atoms with Crippen LogP contribution in [0.25, 0.3) is 22.3 Å². The van der Waals surface area contributed by atoms with E-state index >= 15 is 0 Å². The summed E-state index contributed by atoms with van der Waals surface area (Å²) < 4.78 is 20.1. The van der Waals surface area contributed by atoms with Gasteiger partial charge in [-0.05, 0) is 32.1 Å². The molecule has 1 aromatic heterocycles. The second-order valence-electron chi connectivity index (χ2n) is 7.11. The maximum atomic E-state index is 14.2. The van der Waals surface area contributed by atoms with Gasteiger partial charge in [0.05, 0.1) is 12.2 Å². The quantitative estimate of drug-likeness (QED) is 0.642. The largest absolute Gasteiger partial charge is 0.507 e. The number of hydrogen-bond donors (Lipinski definition) is 3. The molecule has 1 aliphatic rings. The highest BCUT2D eigenvalue weighted by molar-refractivity contribution is 5.89. The molecule has 28 heavy (non-hydrogen) atoms. The van der Waals surface area contributed by atoms with E-state index in [1.54, 1.807) is 6.07 Å². The van der Waals surface area contributed by atoms with Gasteiger partial charge < -0.3 is 24.6 Å². The van der Waals surface area contributed by atoms with Crippen molar-refractivity contribution >= 4 is 11.0 Å². The summed E-state index contributed by atoms with van der Waals surface area (Å²) in [4.78, 5) is 14.7. The molecule has 2 heterocycles. The molecule has 2 aromatic carbocycles. The lowest BCUT2D eigenvalue weighted by atomic mass is 9.89. The van der Waals surface area contributed by atoms with E-state index in [-0.39, 0.29) is 46.6 Å². The number of rotatable bonds is 3. The zero-order chi connectivity index (χ0) is 20.0. The molecule has 7 heteroatoms. The summed E-state index contributed by atoms with van der Waals surface area (Å²) >= 11 is 0. The van der Waals surface area contributed by atoms with Crippen LogP contribution >= 0.6 is 0 Å². The lowest BCUT2D eigenvalue weighted by molar-refractivity contribution is 0.172. The molecule has 1 saturated heterocycles. The van der Waals surface area contributed by atoms with Crippen LogP contribution < -0.4 is 5.43 Å². The number of likely N-dealkylation sites (tertiary alicyclic amines) is 1. The molecule has 1 aliphatic heterocycles. The van der Waals surface area contributed by atoms with Crippen LogP contribution in [0.2, 0.25) is 0 Å². The maximum Gasteiger partial charge on any atom is 0.197 e. The molecule has 3 N–H and O–H groups in total. The molecule has 0 spiro atoms. The van der Waals surface area contributed by atoms with E-state index < -0.39 is 17.0 Å². The Kier molecular flexibility index (Phi) is 4.56. The minimum Gasteiger partial charge on any atom is -0.507 e. The number of phenols is 2. The van der Waals surface area contributed by atoms with Crippen molar-refractivity contribution in [1.82, 2.24) is 4.90 Å². The molecule has 1 fully saturated rings. The number of aliphatic hydroxyl groups is 1. The normalized spacial score (nSPS) is 20.1. The van der Waals surface area contributed by atoms with Crippen molar-refractivity contribution in [3.05, 3.63) is 58.0 Å². The molecule has 0 unspecified atom stereocenters. The molecule has 0 saturated carbocycles. The van der Waals surface area contributed by atoms with E-state index in [2.05, 4.69) is 0 Å². The fraction of sp³-hybridized carbons (Fsp3) is 0.286. The zero-order valence-corrected chi connectivity index (χ0v) is 15.2. The van der Waals surface area contributed by atoms with E-state index in [1.807, 2.05) is 11.9 Å². The molecule has 0 aliphatic carbocycles. The summed E-state index contributed by atoms with van der Waals surface area (Å²) in [6, 6.07) is 7.87. The molecular formula is C21H20FNO5. The summed E-state index contributed by atoms with van der Waals surface area (Å²) in [6.45, 7) is 0.551. The molecule has 0 bridgehead atoms. The third-order valence-electron chi connectivity index (χ3n) is 5.52. The van der Waals surface area contributed by atoms with Gasteiger partial charge in [0.25, 0.3) is 0 Å². The van der Waals surface area contributed by atoms with Crippen LogP contribution in [0.15, 0.2) is 45.6 Å². The molecule has 3 aromatic rings. The number of halogens is 1. The van der Waals surface area contributed by atoms with Crippen LogP contribution in [0.5, 0.6) is 11.5 Å². The standard InChI is InChI=1S/C21H20FNO5/c1-23-7-6-12(14(23)10-24)19-15(25)8-16(26)20-17(27)9-18(28-21(19)20)11-4-2-3-5-13(11)22/h2-5,8-9,12,14,24-26H,6-7,10H2,1H3/t12-,14+/m1/s1. The first-order chi connectivity index (χ1) is 13.4. The second kappa shape index (κ2) is 6.92. The number of benzene rings is 2. The Labute approximate surface area is 160 Å². The van der Waals surface area contributed by atoms with Crippen molar-refractivity contribution in [2.45, 2.75) is 18.4 Å². The average Bonchev–Trinajstić information content (AvgIpc) is 3.01. The van der Waals surface area contributed by atoms with Crippen molar-refractivity contribution in [2.24, 2.45) is 0 Å². The highest BCUT2D eigenvalue weighted by Crippen LogP contribution is 2.44. The van der Waals surface area contributed by atoms with Crippen molar-refractivity contribution in [3.8, 4) is 22.8 Å². The molecule has 146 valence electrons. The Hall–Kier alpha value is -2.90. The lowest BCUT2D eigenvalue weighted by Crippen LogP contribution is -2.32. The SMILES string of the molecule is CN1CC[C@@H](c2c(O)cc(O)c3c(=O)cc(-c4ccccc4F)oc23)[C@@H]1CO. The third kappa shape index (κ3) is 2.83. The topological polar surface area (TPSA) is 94.1 Å². The summed E-state index contributed by atoms with van der Waals surface area (Å²) in [6.07, 6.45) is 0.628. The highest BCUT2D eigenvalue weighted by atomic mass is 19.1. The van der Waals surface area contributed by atoms with Crippen LogP contribution in [-0.4, -0.2) is 46.5 Å². The molecule has 0 radical (unpaired) electrons. The summed E-state index contributed by atoms with van der Waals surface area (Å²) in [5.41, 5.74) is -0.0730. The number of nitrogens with zero attached hydrogens (tertiary/aromatic N) is 1. The Morgan fingerprint density at radius 2 is 1.96 bits per heavy atom. The van der Waals surface area contributed by atoms with Gasteiger partial charge in [-0.2, -0.15) is 0 Å². The van der Waals surface area contributed by atoms with Crippen LogP contribution in [-0.2, 0) is 0 Å². The van der Waals surface area contributed by atoms with E-state index in [0.29, 0.717) is 18.5 Å². The molecule has 6 nitrogen and oxygen atoms in total. The summed E-state index contributed by atoms with van der Waals surface area (Å²) in [5, 5.41) is 30.5. The predicted molar refractivity (Wildman–Crippen MR) is 102 cm³/mol. The lowest BCUT2D eigenvalue weighted by Gasteiger charge is -2.24. The van der Waals surface area contributed by atoms with E-state index in [9.17, 15) is 24.5 Å². The third-order valence-corrected chi connectivity index (χ3v) is 5.52. The van der Waals surface area contributed by atoms with Crippen molar-refractivity contribution < 1.29 is 24.1 Å². The Balaban J connectivity index is 2.03. The Morgan fingerprint density at radius 3 is 2.68 bits per heavy atom. The minimum absolute atomic E-state index is 0.00810. The Bertz CT molecular complexity index is 1110. The zero-order valence-electron chi connectivity index (χ0n) is 15.2. The number of fused-ring (bicyclic) bond motifs is 1. The van der Waals surface area contributed by atoms with Gasteiger partial charge in [0, 0.05) is 29.7 Å². The second-order valence-corrected chi connectivity index (χ2v) is 7.11. The van der Waals surface area contributed by atoms with Crippen LogP contribution in [0, 0.1) is 5.82 Å². The van der Waals surface area contributed by atoms with Crippen LogP contribution in [0.3, 0.4) is 0 Å². The first kappa shape index (κ1) is 18.5. The first-order valence-electron chi connectivity index (χ1n) is 9.01. The number of aliphatic hydroxyl groups excluding tert-OH is 1. The fourth-order valence-electron chi connectivity index (χ4n) is 4.09. The van der Waals surface area contributed by atoms with Crippen LogP contribution in [0.4, 0.5) is 4.39 Å². The molecule has 4 rings (SSSR count). The van der Waals surface area contributed by atoms with Gasteiger partial charge in [-0.15, -0.1) is 0 Å².